The molecule has 1 atom stereocenters. The minimum absolute atomic E-state index is 0.00204. The molecule has 1 heterocycles. The highest BCUT2D eigenvalue weighted by Gasteiger charge is 2.44. The first kappa shape index (κ1) is 10.6. The average Bonchev–Trinajstić information content (AvgIpc) is 2.11. The van der Waals surface area contributed by atoms with E-state index in [0.29, 0.717) is 13.0 Å². The summed E-state index contributed by atoms with van der Waals surface area (Å²) in [5.74, 6) is 0.480. The molecule has 1 unspecified atom stereocenters. The van der Waals surface area contributed by atoms with Crippen LogP contribution in [0.25, 0.3) is 0 Å². The van der Waals surface area contributed by atoms with E-state index in [0.717, 1.165) is 12.2 Å². The van der Waals surface area contributed by atoms with E-state index < -0.39 is 4.75 Å². The van der Waals surface area contributed by atoms with Crippen LogP contribution in [-0.2, 0) is 14.3 Å². The summed E-state index contributed by atoms with van der Waals surface area (Å²) in [5.41, 5.74) is 0. The summed E-state index contributed by atoms with van der Waals surface area (Å²) in [6.45, 7) is 3.75. The summed E-state index contributed by atoms with van der Waals surface area (Å²) in [6.07, 6.45) is 1.38. The second-order valence-corrected chi connectivity index (χ2v) is 4.64. The van der Waals surface area contributed by atoms with Gasteiger partial charge in [-0.2, -0.15) is 0 Å². The van der Waals surface area contributed by atoms with Crippen LogP contribution in [0.5, 0.6) is 0 Å². The topological polar surface area (TPSA) is 43.4 Å². The highest BCUT2D eigenvalue weighted by molar-refractivity contribution is 8.02. The van der Waals surface area contributed by atoms with Crippen molar-refractivity contribution in [1.29, 1.82) is 0 Å². The lowest BCUT2D eigenvalue weighted by molar-refractivity contribution is -0.148. The predicted molar refractivity (Wildman–Crippen MR) is 51.7 cm³/mol. The van der Waals surface area contributed by atoms with Gasteiger partial charge in [-0.05, 0) is 26.0 Å². The largest absolute Gasteiger partial charge is 0.465 e. The molecule has 0 aromatic heterocycles. The van der Waals surface area contributed by atoms with Crippen molar-refractivity contribution in [3.8, 4) is 0 Å². The fourth-order valence-electron chi connectivity index (χ4n) is 1.27. The third-order valence-corrected chi connectivity index (χ3v) is 3.60. The molecule has 3 nitrogen and oxygen atoms in total. The predicted octanol–water partition coefficient (Wildman–Crippen LogP) is 1.40. The number of carbonyl (C=O) groups excluding carboxylic acids is 2. The number of ether oxygens (including phenoxy) is 1. The van der Waals surface area contributed by atoms with Crippen molar-refractivity contribution in [2.75, 3.05) is 12.4 Å². The molecule has 74 valence electrons. The molecule has 1 aliphatic rings. The van der Waals surface area contributed by atoms with Crippen LogP contribution in [0.4, 0.5) is 0 Å². The van der Waals surface area contributed by atoms with Gasteiger partial charge in [-0.3, -0.25) is 9.59 Å². The molecule has 0 amide bonds. The number of hydrogen-bond acceptors (Lipinski definition) is 4. The Morgan fingerprint density at radius 2 is 2.38 bits per heavy atom. The Kier molecular flexibility index (Phi) is 3.36. The number of thioether (sulfide) groups is 1. The first-order valence-electron chi connectivity index (χ1n) is 4.45. The summed E-state index contributed by atoms with van der Waals surface area (Å²) in [6, 6.07) is 0. The molecule has 0 bridgehead atoms. The maximum Gasteiger partial charge on any atom is 0.329 e. The summed E-state index contributed by atoms with van der Waals surface area (Å²) in [7, 11) is 0. The van der Waals surface area contributed by atoms with Gasteiger partial charge < -0.3 is 4.74 Å². The fraction of sp³-hybridized carbons (Fsp3) is 0.778. The molecule has 0 radical (unpaired) electrons. The van der Waals surface area contributed by atoms with E-state index in [-0.39, 0.29) is 11.8 Å². The minimum Gasteiger partial charge on any atom is -0.465 e. The Balaban J connectivity index is 2.71. The van der Waals surface area contributed by atoms with Crippen molar-refractivity contribution in [3.05, 3.63) is 0 Å². The summed E-state index contributed by atoms with van der Waals surface area (Å²) < 4.78 is 3.94. The van der Waals surface area contributed by atoms with Gasteiger partial charge in [0, 0.05) is 6.42 Å². The van der Waals surface area contributed by atoms with Crippen LogP contribution in [0, 0.1) is 0 Å². The van der Waals surface area contributed by atoms with Crippen LogP contribution in [0.15, 0.2) is 0 Å². The molecule has 0 saturated carbocycles. The molecule has 1 fully saturated rings. The van der Waals surface area contributed by atoms with E-state index in [4.69, 9.17) is 4.74 Å². The Morgan fingerprint density at radius 3 is 2.92 bits per heavy atom. The van der Waals surface area contributed by atoms with Gasteiger partial charge in [0.1, 0.15) is 0 Å². The van der Waals surface area contributed by atoms with E-state index in [9.17, 15) is 9.59 Å². The first-order chi connectivity index (χ1) is 6.11. The van der Waals surface area contributed by atoms with Crippen LogP contribution in [0.1, 0.15) is 26.7 Å². The van der Waals surface area contributed by atoms with Gasteiger partial charge in [0.05, 0.1) is 6.61 Å². The molecule has 0 aromatic carbocycles. The van der Waals surface area contributed by atoms with E-state index in [1.165, 1.54) is 11.8 Å². The Labute approximate surface area is 82.2 Å². The standard InChI is InChI=1S/C9H14O3S/c1-3-12-8(11)9(2)7(10)5-4-6-13-9/h3-6H2,1-2H3. The molecular weight excluding hydrogens is 188 g/mol. The molecule has 0 aromatic rings. The molecule has 1 aliphatic heterocycles. The highest BCUT2D eigenvalue weighted by Crippen LogP contribution is 2.34. The molecule has 4 heteroatoms. The van der Waals surface area contributed by atoms with Gasteiger partial charge in [0.15, 0.2) is 10.5 Å². The van der Waals surface area contributed by atoms with Crippen LogP contribution >= 0.6 is 11.8 Å². The Bertz CT molecular complexity index is 227. The van der Waals surface area contributed by atoms with E-state index in [2.05, 4.69) is 0 Å². The average molecular weight is 202 g/mol. The quantitative estimate of drug-likeness (QED) is 0.501. The van der Waals surface area contributed by atoms with Crippen molar-refractivity contribution in [2.45, 2.75) is 31.4 Å². The molecule has 0 aliphatic carbocycles. The van der Waals surface area contributed by atoms with Crippen molar-refractivity contribution in [2.24, 2.45) is 0 Å². The van der Waals surface area contributed by atoms with E-state index in [1.807, 2.05) is 0 Å². The minimum atomic E-state index is -0.936. The van der Waals surface area contributed by atoms with Crippen molar-refractivity contribution >= 4 is 23.5 Å². The van der Waals surface area contributed by atoms with Gasteiger partial charge in [0.2, 0.25) is 0 Å². The number of hydrogen-bond donors (Lipinski definition) is 0. The van der Waals surface area contributed by atoms with Gasteiger partial charge in [-0.15, -0.1) is 11.8 Å². The van der Waals surface area contributed by atoms with E-state index >= 15 is 0 Å². The molecular formula is C9H14O3S. The highest BCUT2D eigenvalue weighted by atomic mass is 32.2. The number of rotatable bonds is 2. The third kappa shape index (κ3) is 2.05. The molecule has 13 heavy (non-hydrogen) atoms. The number of Topliss-reactive ketones (excluding diaryl/α,β-unsaturated/α-hetero) is 1. The summed E-state index contributed by atoms with van der Waals surface area (Å²) in [5, 5.41) is 0. The van der Waals surface area contributed by atoms with Crippen LogP contribution in [-0.4, -0.2) is 28.9 Å². The van der Waals surface area contributed by atoms with Crippen LogP contribution in [0.2, 0.25) is 0 Å². The molecule has 1 saturated heterocycles. The summed E-state index contributed by atoms with van der Waals surface area (Å²) in [4.78, 5) is 23.0. The van der Waals surface area contributed by atoms with Gasteiger partial charge in [0.25, 0.3) is 0 Å². The Hall–Kier alpha value is -0.510. The molecule has 1 rings (SSSR count). The molecule has 0 N–H and O–H groups in total. The summed E-state index contributed by atoms with van der Waals surface area (Å²) >= 11 is 1.40. The van der Waals surface area contributed by atoms with Crippen molar-refractivity contribution in [1.82, 2.24) is 0 Å². The van der Waals surface area contributed by atoms with Gasteiger partial charge >= 0.3 is 5.97 Å². The SMILES string of the molecule is CCOC(=O)C1(C)SCCCC1=O. The smallest absolute Gasteiger partial charge is 0.329 e. The zero-order valence-corrected chi connectivity index (χ0v) is 8.78. The van der Waals surface area contributed by atoms with Crippen molar-refractivity contribution in [3.63, 3.8) is 0 Å². The lowest BCUT2D eigenvalue weighted by Gasteiger charge is -2.28. The third-order valence-electron chi connectivity index (χ3n) is 2.14. The lowest BCUT2D eigenvalue weighted by Crippen LogP contribution is -2.44. The number of esters is 1. The normalized spacial score (nSPS) is 28.6. The lowest BCUT2D eigenvalue weighted by atomic mass is 10.0. The maximum atomic E-state index is 11.5. The van der Waals surface area contributed by atoms with Crippen molar-refractivity contribution < 1.29 is 14.3 Å². The molecule has 0 spiro atoms. The first-order valence-corrected chi connectivity index (χ1v) is 5.44. The second kappa shape index (κ2) is 4.13. The Morgan fingerprint density at radius 1 is 1.69 bits per heavy atom. The zero-order valence-electron chi connectivity index (χ0n) is 7.96. The second-order valence-electron chi connectivity index (χ2n) is 3.13. The van der Waals surface area contributed by atoms with Gasteiger partial charge in [-0.25, -0.2) is 0 Å². The number of ketones is 1. The van der Waals surface area contributed by atoms with Gasteiger partial charge in [-0.1, -0.05) is 0 Å². The zero-order chi connectivity index (χ0) is 9.90. The van der Waals surface area contributed by atoms with E-state index in [1.54, 1.807) is 13.8 Å². The fourth-order valence-corrected chi connectivity index (χ4v) is 2.41. The number of carbonyl (C=O) groups is 2. The maximum absolute atomic E-state index is 11.5. The van der Waals surface area contributed by atoms with Crippen LogP contribution < -0.4 is 0 Å². The van der Waals surface area contributed by atoms with Crippen LogP contribution in [0.3, 0.4) is 0 Å². The monoisotopic (exact) mass is 202 g/mol.